The molecule has 6 nitrogen and oxygen atoms in total. The molecule has 0 radical (unpaired) electrons. The molecule has 86 valence electrons. The summed E-state index contributed by atoms with van der Waals surface area (Å²) in [5.74, 6) is 0.413. The third-order valence-corrected chi connectivity index (χ3v) is 2.70. The molecule has 2 heterocycles. The fourth-order valence-electron chi connectivity index (χ4n) is 1.61. The summed E-state index contributed by atoms with van der Waals surface area (Å²) in [6.45, 7) is 0.323. The minimum Gasteiger partial charge on any atom is -0.339 e. The largest absolute Gasteiger partial charge is 0.339 e. The fraction of sp³-hybridized carbons (Fsp3) is 0.444. The summed E-state index contributed by atoms with van der Waals surface area (Å²) in [7, 11) is 1.59. The van der Waals surface area contributed by atoms with E-state index in [1.165, 1.54) is 15.5 Å². The van der Waals surface area contributed by atoms with Crippen molar-refractivity contribution in [2.24, 2.45) is 7.05 Å². The van der Waals surface area contributed by atoms with E-state index in [9.17, 15) is 9.59 Å². The highest BCUT2D eigenvalue weighted by Gasteiger charge is 2.11. The molecule has 0 bridgehead atoms. The molecule has 0 unspecified atom stereocenters. The van der Waals surface area contributed by atoms with Crippen LogP contribution in [0, 0.1) is 0 Å². The van der Waals surface area contributed by atoms with E-state index in [4.69, 9.17) is 11.6 Å². The molecule has 0 fully saturated rings. The van der Waals surface area contributed by atoms with E-state index in [1.54, 1.807) is 7.05 Å². The lowest BCUT2D eigenvalue weighted by Crippen LogP contribution is -2.39. The van der Waals surface area contributed by atoms with Gasteiger partial charge in [0.25, 0.3) is 5.56 Å². The maximum atomic E-state index is 11.9. The van der Waals surface area contributed by atoms with Crippen molar-refractivity contribution in [3.8, 4) is 0 Å². The number of nitrogens with one attached hydrogen (secondary N) is 1. The highest BCUT2D eigenvalue weighted by molar-refractivity contribution is 6.17. The number of imidazole rings is 1. The van der Waals surface area contributed by atoms with Gasteiger partial charge >= 0.3 is 5.69 Å². The van der Waals surface area contributed by atoms with Gasteiger partial charge in [-0.2, -0.15) is 0 Å². The van der Waals surface area contributed by atoms with Gasteiger partial charge < -0.3 is 4.98 Å². The molecule has 0 atom stereocenters. The van der Waals surface area contributed by atoms with E-state index in [1.807, 2.05) is 0 Å². The molecule has 0 saturated heterocycles. The van der Waals surface area contributed by atoms with Crippen molar-refractivity contribution in [2.75, 3.05) is 5.88 Å². The van der Waals surface area contributed by atoms with Gasteiger partial charge in [-0.3, -0.25) is 13.9 Å². The van der Waals surface area contributed by atoms with Crippen molar-refractivity contribution in [1.29, 1.82) is 0 Å². The van der Waals surface area contributed by atoms with Gasteiger partial charge in [-0.1, -0.05) is 0 Å². The lowest BCUT2D eigenvalue weighted by Gasteiger charge is -2.06. The summed E-state index contributed by atoms with van der Waals surface area (Å²) in [6.07, 6.45) is 1.98. The smallest absolute Gasteiger partial charge is 0.332 e. The highest BCUT2D eigenvalue weighted by Crippen LogP contribution is 1.99. The van der Waals surface area contributed by atoms with Crippen LogP contribution in [0.4, 0.5) is 0 Å². The van der Waals surface area contributed by atoms with Gasteiger partial charge in [-0.05, 0) is 6.42 Å². The van der Waals surface area contributed by atoms with Crippen molar-refractivity contribution in [2.45, 2.75) is 13.0 Å². The van der Waals surface area contributed by atoms with Crippen LogP contribution in [0.5, 0.6) is 0 Å². The third kappa shape index (κ3) is 1.55. The molecule has 0 aromatic carbocycles. The SMILES string of the molecule is Cn1c(=O)n(CCCCl)c(=O)c2[nH]cnc21. The minimum atomic E-state index is -0.366. The van der Waals surface area contributed by atoms with Crippen molar-refractivity contribution in [3.05, 3.63) is 27.2 Å². The molecule has 0 aliphatic rings. The molecule has 0 aliphatic heterocycles. The van der Waals surface area contributed by atoms with E-state index in [-0.39, 0.29) is 11.2 Å². The molecule has 0 amide bonds. The van der Waals surface area contributed by atoms with Crippen LogP contribution in [0.2, 0.25) is 0 Å². The molecule has 0 saturated carbocycles. The molecular formula is C9H11ClN4O2. The maximum Gasteiger partial charge on any atom is 0.332 e. The molecule has 7 heteroatoms. The van der Waals surface area contributed by atoms with Crippen LogP contribution in [0.1, 0.15) is 6.42 Å². The number of H-pyrrole nitrogens is 1. The second kappa shape index (κ2) is 4.13. The van der Waals surface area contributed by atoms with Gasteiger partial charge in [0.2, 0.25) is 0 Å². The number of alkyl halides is 1. The summed E-state index contributed by atoms with van der Waals surface area (Å²) < 4.78 is 2.52. The first kappa shape index (κ1) is 10.9. The standard InChI is InChI=1S/C9H11ClN4O2/c1-13-7-6(11-5-12-7)8(15)14(9(13)16)4-2-3-10/h5H,2-4H2,1H3,(H,11,12). The zero-order chi connectivity index (χ0) is 11.7. The third-order valence-electron chi connectivity index (χ3n) is 2.43. The van der Waals surface area contributed by atoms with Gasteiger partial charge in [0, 0.05) is 19.5 Å². The van der Waals surface area contributed by atoms with Crippen LogP contribution in [-0.4, -0.2) is 25.0 Å². The molecule has 2 aromatic rings. The second-order valence-corrected chi connectivity index (χ2v) is 3.82. The van der Waals surface area contributed by atoms with Gasteiger partial charge in [0.15, 0.2) is 5.65 Å². The lowest BCUT2D eigenvalue weighted by atomic mass is 10.4. The first-order chi connectivity index (χ1) is 7.66. The van der Waals surface area contributed by atoms with Gasteiger partial charge in [0.05, 0.1) is 6.33 Å². The number of aryl methyl sites for hydroxylation is 1. The number of aromatic amines is 1. The van der Waals surface area contributed by atoms with Crippen LogP contribution in [0.25, 0.3) is 11.2 Å². The number of aromatic nitrogens is 4. The Hall–Kier alpha value is -1.56. The van der Waals surface area contributed by atoms with Gasteiger partial charge in [-0.25, -0.2) is 9.78 Å². The molecular weight excluding hydrogens is 232 g/mol. The van der Waals surface area contributed by atoms with E-state index in [0.29, 0.717) is 30.0 Å². The predicted molar refractivity (Wildman–Crippen MR) is 60.9 cm³/mol. The van der Waals surface area contributed by atoms with Gasteiger partial charge in [0.1, 0.15) is 5.52 Å². The Labute approximate surface area is 95.5 Å². The van der Waals surface area contributed by atoms with E-state index in [0.717, 1.165) is 0 Å². The molecule has 1 N–H and O–H groups in total. The molecule has 2 rings (SSSR count). The fourth-order valence-corrected chi connectivity index (χ4v) is 1.73. The van der Waals surface area contributed by atoms with Crippen LogP contribution in [-0.2, 0) is 13.6 Å². The maximum absolute atomic E-state index is 11.9. The van der Waals surface area contributed by atoms with Crippen LogP contribution >= 0.6 is 11.6 Å². The highest BCUT2D eigenvalue weighted by atomic mass is 35.5. The number of nitrogens with zero attached hydrogens (tertiary/aromatic N) is 3. The number of rotatable bonds is 3. The Bertz CT molecular complexity index is 624. The van der Waals surface area contributed by atoms with E-state index < -0.39 is 0 Å². The number of hydrogen-bond donors (Lipinski definition) is 1. The Morgan fingerprint density at radius 1 is 1.50 bits per heavy atom. The first-order valence-electron chi connectivity index (χ1n) is 4.85. The van der Waals surface area contributed by atoms with Crippen molar-refractivity contribution in [3.63, 3.8) is 0 Å². The second-order valence-electron chi connectivity index (χ2n) is 3.44. The topological polar surface area (TPSA) is 72.7 Å². The summed E-state index contributed by atoms with van der Waals surface area (Å²) in [5.41, 5.74) is 0.00392. The van der Waals surface area contributed by atoms with Crippen LogP contribution < -0.4 is 11.2 Å². The predicted octanol–water partition coefficient (Wildman–Crippen LogP) is 0.0522. The number of halogens is 1. The van der Waals surface area contributed by atoms with Crippen LogP contribution in [0.15, 0.2) is 15.9 Å². The molecule has 16 heavy (non-hydrogen) atoms. The Morgan fingerprint density at radius 3 is 2.94 bits per heavy atom. The average molecular weight is 243 g/mol. The van der Waals surface area contributed by atoms with Gasteiger partial charge in [-0.15, -0.1) is 11.6 Å². The summed E-state index contributed by atoms with van der Waals surface area (Å²) in [5, 5.41) is 0. The Balaban J connectivity index is 2.73. The van der Waals surface area contributed by atoms with Crippen molar-refractivity contribution >= 4 is 22.8 Å². The number of fused-ring (bicyclic) bond motifs is 1. The monoisotopic (exact) mass is 242 g/mol. The summed E-state index contributed by atoms with van der Waals surface area (Å²) in [4.78, 5) is 30.4. The zero-order valence-corrected chi connectivity index (χ0v) is 9.49. The van der Waals surface area contributed by atoms with E-state index >= 15 is 0 Å². The van der Waals surface area contributed by atoms with Crippen LogP contribution in [0.3, 0.4) is 0 Å². The Kier molecular flexibility index (Phi) is 2.82. The average Bonchev–Trinajstić information content (AvgIpc) is 2.75. The molecule has 2 aromatic heterocycles. The molecule has 0 aliphatic carbocycles. The Morgan fingerprint density at radius 2 is 2.25 bits per heavy atom. The zero-order valence-electron chi connectivity index (χ0n) is 8.73. The molecule has 0 spiro atoms. The number of hydrogen-bond acceptors (Lipinski definition) is 3. The van der Waals surface area contributed by atoms with Crippen molar-refractivity contribution in [1.82, 2.24) is 19.1 Å². The summed E-state index contributed by atoms with van der Waals surface area (Å²) in [6, 6.07) is 0. The quantitative estimate of drug-likeness (QED) is 0.773. The normalized spacial score (nSPS) is 11.1. The minimum absolute atomic E-state index is 0.323. The van der Waals surface area contributed by atoms with E-state index in [2.05, 4.69) is 9.97 Å². The summed E-state index contributed by atoms with van der Waals surface area (Å²) >= 11 is 5.55. The lowest BCUT2D eigenvalue weighted by molar-refractivity contribution is 0.595. The first-order valence-corrected chi connectivity index (χ1v) is 5.39. The van der Waals surface area contributed by atoms with Crippen molar-refractivity contribution < 1.29 is 0 Å².